The van der Waals surface area contributed by atoms with Gasteiger partial charge in [-0.1, -0.05) is 26.3 Å². The van der Waals surface area contributed by atoms with Gasteiger partial charge < -0.3 is 6.92 Å². The maximum Gasteiger partial charge on any atom is 0 e. The molecule has 0 fully saturated rings. The predicted octanol–water partition coefficient (Wildman–Crippen LogP) is 2.81. The fraction of sp³-hybridized carbons (Fsp3) is 0.625. The minimum atomic E-state index is 0. The number of rotatable bonds is 3. The van der Waals surface area contributed by atoms with Crippen molar-refractivity contribution >= 4 is 0 Å². The first kappa shape index (κ1) is 12.1. The zero-order valence-corrected chi connectivity index (χ0v) is 8.49. The largest absolute Gasteiger partial charge is 0.338 e. The average molecular weight is 306 g/mol. The predicted molar refractivity (Wildman–Crippen MR) is 38.6 cm³/mol. The Labute approximate surface area is 73.0 Å². The molecule has 0 saturated carbocycles. The van der Waals surface area contributed by atoms with Gasteiger partial charge in [0, 0.05) is 21.1 Å². The van der Waals surface area contributed by atoms with Crippen molar-refractivity contribution in [3.63, 3.8) is 0 Å². The van der Waals surface area contributed by atoms with Crippen LogP contribution in [0.5, 0.6) is 0 Å². The van der Waals surface area contributed by atoms with E-state index < -0.39 is 0 Å². The van der Waals surface area contributed by atoms with Crippen molar-refractivity contribution in [1.29, 1.82) is 0 Å². The van der Waals surface area contributed by atoms with E-state index in [4.69, 9.17) is 0 Å². The molecule has 0 aliphatic carbocycles. The van der Waals surface area contributed by atoms with E-state index >= 15 is 0 Å². The molecule has 0 spiro atoms. The van der Waals surface area contributed by atoms with E-state index in [1.54, 1.807) is 0 Å². The fourth-order valence-corrected chi connectivity index (χ4v) is 0.493. The third-order valence-electron chi connectivity index (χ3n) is 1.03. The summed E-state index contributed by atoms with van der Waals surface area (Å²) >= 11 is 0. The van der Waals surface area contributed by atoms with Gasteiger partial charge in [0.05, 0.1) is 0 Å². The van der Waals surface area contributed by atoms with Crippen LogP contribution in [0.25, 0.3) is 0 Å². The van der Waals surface area contributed by atoms with Gasteiger partial charge in [0.1, 0.15) is 0 Å². The van der Waals surface area contributed by atoms with Gasteiger partial charge in [-0.15, -0.1) is 6.58 Å². The molecule has 0 aromatic carbocycles. The molecule has 0 N–H and O–H groups in total. The summed E-state index contributed by atoms with van der Waals surface area (Å²) in [5.74, 6) is 0. The summed E-state index contributed by atoms with van der Waals surface area (Å²) in [5.41, 5.74) is 0.230. The summed E-state index contributed by atoms with van der Waals surface area (Å²) in [6.45, 7) is 11.9. The molecule has 0 aromatic rings. The third kappa shape index (κ3) is 11.8. The second-order valence-corrected chi connectivity index (χ2v) is 2.99. The Morgan fingerprint density at radius 2 is 2.00 bits per heavy atom. The normalized spacial score (nSPS) is 10.1. The number of hydrogen-bond acceptors (Lipinski definition) is 0. The first-order valence-electron chi connectivity index (χ1n) is 3.02. The minimum Gasteiger partial charge on any atom is -0.338 e. The van der Waals surface area contributed by atoms with Gasteiger partial charge in [-0.3, -0.25) is 0 Å². The van der Waals surface area contributed by atoms with E-state index in [0.29, 0.717) is 0 Å². The standard InChI is InChI=1S/C8H15.Pt/c1-5-6-7-8(2,3)4;/h5H,1-2,6-7H2,3-4H3;/q-1;. The maximum atomic E-state index is 3.96. The maximum absolute atomic E-state index is 3.96. The fourth-order valence-electron chi connectivity index (χ4n) is 0.493. The molecule has 0 aromatic heterocycles. The van der Waals surface area contributed by atoms with Gasteiger partial charge in [0.15, 0.2) is 0 Å². The van der Waals surface area contributed by atoms with Gasteiger partial charge in [-0.25, -0.2) is 0 Å². The summed E-state index contributed by atoms with van der Waals surface area (Å²) in [7, 11) is 0. The molecule has 0 heterocycles. The molecule has 0 saturated heterocycles. The Bertz CT molecular complexity index is 69.1. The van der Waals surface area contributed by atoms with Crippen LogP contribution in [-0.2, 0) is 21.1 Å². The van der Waals surface area contributed by atoms with Crippen molar-refractivity contribution in [2.45, 2.75) is 26.7 Å². The zero-order valence-electron chi connectivity index (χ0n) is 6.22. The summed E-state index contributed by atoms with van der Waals surface area (Å²) in [6.07, 6.45) is 4.15. The van der Waals surface area contributed by atoms with Crippen LogP contribution in [0.2, 0.25) is 0 Å². The topological polar surface area (TPSA) is 0 Å². The molecular formula is C8H15Pt-. The average Bonchev–Trinajstić information content (AvgIpc) is 1.59. The first-order chi connectivity index (χ1) is 3.56. The molecule has 0 aliphatic heterocycles. The van der Waals surface area contributed by atoms with Crippen molar-refractivity contribution in [2.24, 2.45) is 5.41 Å². The van der Waals surface area contributed by atoms with E-state index in [1.165, 1.54) is 0 Å². The van der Waals surface area contributed by atoms with Crippen molar-refractivity contribution in [3.05, 3.63) is 19.6 Å². The van der Waals surface area contributed by atoms with E-state index in [1.807, 2.05) is 6.08 Å². The van der Waals surface area contributed by atoms with E-state index in [9.17, 15) is 0 Å². The van der Waals surface area contributed by atoms with Crippen molar-refractivity contribution in [3.8, 4) is 0 Å². The molecule has 0 rings (SSSR count). The molecular weight excluding hydrogens is 291 g/mol. The third-order valence-corrected chi connectivity index (χ3v) is 1.03. The molecule has 0 bridgehead atoms. The summed E-state index contributed by atoms with van der Waals surface area (Å²) in [4.78, 5) is 0. The van der Waals surface area contributed by atoms with Crippen molar-refractivity contribution in [1.82, 2.24) is 0 Å². The van der Waals surface area contributed by atoms with E-state index in [-0.39, 0.29) is 26.5 Å². The smallest absolute Gasteiger partial charge is 0 e. The van der Waals surface area contributed by atoms with E-state index in [2.05, 4.69) is 27.4 Å². The molecule has 0 radical (unpaired) electrons. The molecule has 1 heteroatoms. The Hall–Kier alpha value is 0.428. The van der Waals surface area contributed by atoms with Crippen LogP contribution in [0.15, 0.2) is 12.7 Å². The Kier molecular flexibility index (Phi) is 7.06. The van der Waals surface area contributed by atoms with Gasteiger partial charge in [-0.05, 0) is 6.42 Å². The summed E-state index contributed by atoms with van der Waals surface area (Å²) in [5, 5.41) is 0. The number of hydrogen-bond donors (Lipinski definition) is 0. The van der Waals surface area contributed by atoms with Gasteiger partial charge in [0.2, 0.25) is 0 Å². The van der Waals surface area contributed by atoms with Crippen LogP contribution in [0.4, 0.5) is 0 Å². The monoisotopic (exact) mass is 306 g/mol. The van der Waals surface area contributed by atoms with Crippen molar-refractivity contribution < 1.29 is 21.1 Å². The second-order valence-electron chi connectivity index (χ2n) is 2.99. The molecule has 58 valence electrons. The van der Waals surface area contributed by atoms with E-state index in [0.717, 1.165) is 12.8 Å². The molecule has 0 atom stereocenters. The van der Waals surface area contributed by atoms with Crippen LogP contribution in [0.1, 0.15) is 26.7 Å². The Morgan fingerprint density at radius 3 is 2.11 bits per heavy atom. The molecule has 9 heavy (non-hydrogen) atoms. The van der Waals surface area contributed by atoms with Crippen LogP contribution in [0.3, 0.4) is 0 Å². The molecule has 0 unspecified atom stereocenters. The quantitative estimate of drug-likeness (QED) is 0.556. The SMILES string of the molecule is C=CCCC([CH2-])(C)C.[Pt]. The first-order valence-corrected chi connectivity index (χ1v) is 3.02. The molecule has 0 aliphatic rings. The molecule has 0 nitrogen and oxygen atoms in total. The molecule has 0 amide bonds. The van der Waals surface area contributed by atoms with Crippen LogP contribution in [-0.4, -0.2) is 0 Å². The second kappa shape index (κ2) is 5.23. The zero-order chi connectivity index (χ0) is 6.62. The van der Waals surface area contributed by atoms with Gasteiger partial charge in [-0.2, -0.15) is 5.41 Å². The Morgan fingerprint density at radius 1 is 1.56 bits per heavy atom. The minimum absolute atomic E-state index is 0. The Balaban J connectivity index is 0. The van der Waals surface area contributed by atoms with Gasteiger partial charge in [0.25, 0.3) is 0 Å². The summed E-state index contributed by atoms with van der Waals surface area (Å²) < 4.78 is 0. The van der Waals surface area contributed by atoms with Crippen LogP contribution in [0, 0.1) is 12.3 Å². The summed E-state index contributed by atoms with van der Waals surface area (Å²) in [6, 6.07) is 0. The van der Waals surface area contributed by atoms with Gasteiger partial charge >= 0.3 is 0 Å². The van der Waals surface area contributed by atoms with Crippen LogP contribution < -0.4 is 0 Å². The van der Waals surface area contributed by atoms with Crippen molar-refractivity contribution in [2.75, 3.05) is 0 Å². The van der Waals surface area contributed by atoms with Crippen LogP contribution >= 0.6 is 0 Å². The number of allylic oxidation sites excluding steroid dienone is 1.